The molecule has 0 amide bonds. The van der Waals surface area contributed by atoms with Gasteiger partial charge in [-0.2, -0.15) is 14.2 Å². The second-order valence-corrected chi connectivity index (χ2v) is 22.5. The molecule has 0 aliphatic carbocycles. The largest absolute Gasteiger partial charge is 0.857 e. The molecule has 0 rings (SSSR count). The molecule has 0 spiro atoms. The van der Waals surface area contributed by atoms with Crippen molar-refractivity contribution in [3.63, 3.8) is 0 Å². The Morgan fingerprint density at radius 2 is 0.574 bits per heavy atom. The fourth-order valence-corrected chi connectivity index (χ4v) is 13.0. The third-order valence-corrected chi connectivity index (χ3v) is 16.7. The fourth-order valence-electron chi connectivity index (χ4n) is 5.26. The van der Waals surface area contributed by atoms with Gasteiger partial charge in [-0.05, 0) is 12.8 Å². The smallest absolute Gasteiger partial charge is 0.153 e. The van der Waals surface area contributed by atoms with Crippen LogP contribution in [0.4, 0.5) is 0 Å². The van der Waals surface area contributed by atoms with Crippen LogP contribution < -0.4 is 10.2 Å². The van der Waals surface area contributed by atoms with Crippen molar-refractivity contribution >= 4 is 54.2 Å². The minimum absolute atomic E-state index is 0.0736. The van der Waals surface area contributed by atoms with Crippen LogP contribution >= 0.6 is 0 Å². The van der Waals surface area contributed by atoms with Crippen LogP contribution in [0.15, 0.2) is 12.2 Å². The van der Waals surface area contributed by atoms with E-state index in [4.69, 9.17) is 19.7 Å². The zero-order valence-electron chi connectivity index (χ0n) is 37.6. The van der Waals surface area contributed by atoms with Gasteiger partial charge in [0.15, 0.2) is 0 Å². The Bertz CT molecular complexity index is 611. The number of rotatable bonds is 36. The van der Waals surface area contributed by atoms with Gasteiger partial charge in [0.2, 0.25) is 0 Å². The predicted molar refractivity (Wildman–Crippen MR) is 237 cm³/mol. The van der Waals surface area contributed by atoms with Gasteiger partial charge in [-0.25, -0.2) is 9.59 Å². The van der Waals surface area contributed by atoms with E-state index in [0.717, 1.165) is 52.1 Å². The molecule has 0 heterocycles. The molecule has 8 heteroatoms. The Morgan fingerprint density at radius 3 is 0.852 bits per heavy atom. The Balaban J connectivity index is -0.000000231. The van der Waals surface area contributed by atoms with Crippen molar-refractivity contribution < 1.29 is 29.3 Å². The summed E-state index contributed by atoms with van der Waals surface area (Å²) in [7, 11) is 1.50. The SMILES string of the molecule is CCCCCCCCOC(=O)/C=C\C(=O)OCCCCCCCC.CCCCCCC[CH2][Sn+2][CH2]CCCCCCC.CCC[CH2][Sn+2][CH2]CCC.C[O-].C[O-]. The molecule has 0 atom stereocenters. The second kappa shape index (κ2) is 67.9. The van der Waals surface area contributed by atoms with Gasteiger partial charge in [0.25, 0.3) is 0 Å². The number of hydrogen-bond donors (Lipinski definition) is 0. The number of unbranched alkanes of at least 4 members (excludes halogenated alkanes) is 22. The van der Waals surface area contributed by atoms with Crippen molar-refractivity contribution in [1.82, 2.24) is 0 Å². The average molecular weight is 981 g/mol. The van der Waals surface area contributed by atoms with E-state index in [1.807, 2.05) is 0 Å². The first kappa shape index (κ1) is 63.4. The van der Waals surface area contributed by atoms with E-state index in [0.29, 0.717) is 13.2 Å². The number of hydrogen-bond acceptors (Lipinski definition) is 6. The number of carbonyl (C=O) groups excluding carboxylic acids is 2. The Kier molecular flexibility index (Phi) is 79.7. The summed E-state index contributed by atoms with van der Waals surface area (Å²) in [4.78, 5) is 22.9. The molecule has 0 saturated carbocycles. The van der Waals surface area contributed by atoms with Gasteiger partial charge in [0.1, 0.15) is 0 Å². The molecular formula is C46H94O6Sn2+2. The Hall–Kier alpha value is 0.197. The molecule has 0 aromatic heterocycles. The summed E-state index contributed by atoms with van der Waals surface area (Å²) in [5.41, 5.74) is 0. The fraction of sp³-hybridized carbons (Fsp3) is 0.913. The van der Waals surface area contributed by atoms with Crippen LogP contribution in [0.1, 0.15) is 221 Å². The maximum Gasteiger partial charge on any atom is -0.153 e. The summed E-state index contributed by atoms with van der Waals surface area (Å²) >= 11 is 0.223. The molecule has 0 aromatic carbocycles. The van der Waals surface area contributed by atoms with Crippen molar-refractivity contribution in [3.8, 4) is 0 Å². The molecule has 0 aliphatic rings. The van der Waals surface area contributed by atoms with Crippen LogP contribution in [0.25, 0.3) is 0 Å². The van der Waals surface area contributed by atoms with Crippen LogP contribution in [0, 0.1) is 0 Å². The summed E-state index contributed by atoms with van der Waals surface area (Å²) in [6.07, 6.45) is 39.8. The molecule has 0 unspecified atom stereocenters. The van der Waals surface area contributed by atoms with Gasteiger partial charge in [0.05, 0.1) is 13.2 Å². The first-order valence-corrected chi connectivity index (χ1v) is 30.9. The van der Waals surface area contributed by atoms with Gasteiger partial charge in [-0.15, -0.1) is 0 Å². The van der Waals surface area contributed by atoms with Gasteiger partial charge in [-0.3, -0.25) is 0 Å². The standard InChI is InChI=1S/C20H36O4.2C8H17.2C4H9.2CH3O.2Sn/c1-3-5-7-9-11-13-17-23-19(21)15-16-20(22)24-18-14-12-10-8-6-4-2;2*1-3-5-7-8-6-4-2;2*1-3-4-2;2*1-2;;/h15-16H,3-14,17-18H2,1-2H3;2*1,3-8H2,2H3;2*1,3-4H2,2H3;2*1H3;;/q;;;;;2*-1;2*+2/b16-15-;;;;;;;;. The maximum absolute atomic E-state index is 11.4. The Labute approximate surface area is 359 Å². The summed E-state index contributed by atoms with van der Waals surface area (Å²) < 4.78 is 16.7. The van der Waals surface area contributed by atoms with E-state index >= 15 is 0 Å². The number of ether oxygens (including phenoxy) is 2. The average Bonchev–Trinajstić information content (AvgIpc) is 3.20. The third-order valence-electron chi connectivity index (χ3n) is 8.67. The summed E-state index contributed by atoms with van der Waals surface area (Å²) in [5, 5.41) is 16.5. The summed E-state index contributed by atoms with van der Waals surface area (Å²) in [6.45, 7) is 14.4. The molecule has 0 N–H and O–H groups in total. The molecule has 0 aromatic rings. The van der Waals surface area contributed by atoms with E-state index in [1.54, 1.807) is 30.6 Å². The van der Waals surface area contributed by atoms with Crippen LogP contribution in [0.2, 0.25) is 17.7 Å². The van der Waals surface area contributed by atoms with Crippen LogP contribution in [0.5, 0.6) is 0 Å². The zero-order valence-corrected chi connectivity index (χ0v) is 43.4. The predicted octanol–water partition coefficient (Wildman–Crippen LogP) is 12.7. The molecule has 0 radical (unpaired) electrons. The first-order chi connectivity index (χ1) is 26.5. The topological polar surface area (TPSA) is 98.7 Å². The first-order valence-electron chi connectivity index (χ1n) is 22.8. The maximum atomic E-state index is 11.4. The molecular weight excluding hydrogens is 886 g/mol. The molecule has 6 nitrogen and oxygen atoms in total. The summed E-state index contributed by atoms with van der Waals surface area (Å²) in [6, 6.07) is 0. The van der Waals surface area contributed by atoms with E-state index in [1.165, 1.54) is 141 Å². The van der Waals surface area contributed by atoms with Crippen molar-refractivity contribution in [2.24, 2.45) is 0 Å². The number of carbonyl (C=O) groups is 2. The van der Waals surface area contributed by atoms with Crippen molar-refractivity contribution in [3.05, 3.63) is 12.2 Å². The van der Waals surface area contributed by atoms with Gasteiger partial charge in [-0.1, -0.05) is 78.1 Å². The van der Waals surface area contributed by atoms with Crippen molar-refractivity contribution in [2.45, 2.75) is 239 Å². The van der Waals surface area contributed by atoms with Gasteiger partial charge >= 0.3 is 202 Å². The van der Waals surface area contributed by atoms with E-state index in [-0.39, 0.29) is 42.3 Å². The minimum Gasteiger partial charge on any atom is -0.857 e. The van der Waals surface area contributed by atoms with E-state index in [2.05, 4.69) is 41.5 Å². The summed E-state index contributed by atoms with van der Waals surface area (Å²) in [5.74, 6) is -0.944. The minimum atomic E-state index is -0.472. The zero-order chi connectivity index (χ0) is 41.4. The quantitative estimate of drug-likeness (QED) is 0.0268. The van der Waals surface area contributed by atoms with Crippen LogP contribution in [0.3, 0.4) is 0 Å². The number of esters is 2. The molecule has 0 saturated heterocycles. The molecule has 0 bridgehead atoms. The normalized spacial score (nSPS) is 9.89. The van der Waals surface area contributed by atoms with E-state index < -0.39 is 11.9 Å². The monoisotopic (exact) mass is 983 g/mol. The molecule has 320 valence electrons. The second-order valence-electron chi connectivity index (χ2n) is 13.9. The van der Waals surface area contributed by atoms with Crippen molar-refractivity contribution in [2.75, 3.05) is 27.4 Å². The molecule has 54 heavy (non-hydrogen) atoms. The molecule has 0 aliphatic heterocycles. The molecule has 0 fully saturated rings. The van der Waals surface area contributed by atoms with Gasteiger partial charge < -0.3 is 19.7 Å². The van der Waals surface area contributed by atoms with Crippen molar-refractivity contribution in [1.29, 1.82) is 0 Å². The van der Waals surface area contributed by atoms with Crippen LogP contribution in [-0.4, -0.2) is 81.7 Å². The Morgan fingerprint density at radius 1 is 0.352 bits per heavy atom. The van der Waals surface area contributed by atoms with Crippen LogP contribution in [-0.2, 0) is 19.1 Å². The van der Waals surface area contributed by atoms with E-state index in [9.17, 15) is 9.59 Å². The third kappa shape index (κ3) is 73.3. The van der Waals surface area contributed by atoms with Gasteiger partial charge in [0, 0.05) is 12.2 Å².